The van der Waals surface area contributed by atoms with Crippen molar-refractivity contribution in [3.8, 4) is 17.2 Å². The Morgan fingerprint density at radius 2 is 1.63 bits per heavy atom. The van der Waals surface area contributed by atoms with Gasteiger partial charge in [-0.2, -0.15) is 0 Å². The molecule has 2 aromatic carbocycles. The number of hydrogen-bond donors (Lipinski definition) is 1. The second-order valence-corrected chi connectivity index (χ2v) is 7.72. The molecule has 2 saturated carbocycles. The second-order valence-electron chi connectivity index (χ2n) is 7.72. The van der Waals surface area contributed by atoms with Gasteiger partial charge in [-0.3, -0.25) is 4.79 Å². The first-order valence-electron chi connectivity index (χ1n) is 10.00. The fraction of sp³-hybridized carbons (Fsp3) is 0.435. The lowest BCUT2D eigenvalue weighted by molar-refractivity contribution is -0.117. The van der Waals surface area contributed by atoms with Gasteiger partial charge < -0.3 is 14.8 Å². The molecule has 0 radical (unpaired) electrons. The van der Waals surface area contributed by atoms with Crippen LogP contribution >= 0.6 is 0 Å². The molecule has 0 aliphatic heterocycles. The van der Waals surface area contributed by atoms with Crippen molar-refractivity contribution in [3.05, 3.63) is 48.5 Å². The summed E-state index contributed by atoms with van der Waals surface area (Å²) >= 11 is 0. The van der Waals surface area contributed by atoms with Crippen LogP contribution < -0.4 is 14.8 Å². The third kappa shape index (κ3) is 4.44. The van der Waals surface area contributed by atoms with E-state index in [2.05, 4.69) is 5.32 Å². The predicted octanol–water partition coefficient (Wildman–Crippen LogP) is 5.64. The van der Waals surface area contributed by atoms with Gasteiger partial charge in [0.05, 0.1) is 6.61 Å². The lowest BCUT2D eigenvalue weighted by Gasteiger charge is -2.20. The van der Waals surface area contributed by atoms with Gasteiger partial charge in [0.2, 0.25) is 5.91 Å². The van der Waals surface area contributed by atoms with Crippen LogP contribution in [0.15, 0.2) is 48.5 Å². The van der Waals surface area contributed by atoms with E-state index < -0.39 is 0 Å². The van der Waals surface area contributed by atoms with E-state index in [0.717, 1.165) is 34.8 Å². The number of benzene rings is 2. The van der Waals surface area contributed by atoms with E-state index in [1.807, 2.05) is 55.5 Å². The molecular weight excluding hydrogens is 338 g/mol. The van der Waals surface area contributed by atoms with E-state index in [9.17, 15) is 4.79 Å². The lowest BCUT2D eigenvalue weighted by Crippen LogP contribution is -2.20. The summed E-state index contributed by atoms with van der Waals surface area (Å²) in [5.41, 5.74) is 0.821. The largest absolute Gasteiger partial charge is 0.494 e. The molecule has 2 aliphatic carbocycles. The second kappa shape index (κ2) is 8.03. The van der Waals surface area contributed by atoms with Gasteiger partial charge in [-0.05, 0) is 92.5 Å². The van der Waals surface area contributed by atoms with E-state index in [1.165, 1.54) is 25.7 Å². The van der Waals surface area contributed by atoms with Crippen LogP contribution in [0.3, 0.4) is 0 Å². The first-order valence-corrected chi connectivity index (χ1v) is 10.00. The molecule has 0 aromatic heterocycles. The maximum Gasteiger partial charge on any atom is 0.224 e. The normalized spacial score (nSPS) is 23.2. The van der Waals surface area contributed by atoms with E-state index in [-0.39, 0.29) is 5.91 Å². The number of rotatable bonds is 7. The molecule has 2 bridgehead atoms. The van der Waals surface area contributed by atoms with Crippen LogP contribution in [0.25, 0.3) is 0 Å². The zero-order valence-corrected chi connectivity index (χ0v) is 15.8. The summed E-state index contributed by atoms with van der Waals surface area (Å²) in [6, 6.07) is 15.1. The summed E-state index contributed by atoms with van der Waals surface area (Å²) in [7, 11) is 0. The molecule has 4 heteroatoms. The Kier molecular flexibility index (Phi) is 5.33. The SMILES string of the molecule is CCOc1ccc(Oc2ccc(NC(=O)C[C@@H]3C[C@H]4CC[C@@H]3C4)cc2)cc1. The molecule has 4 rings (SSSR count). The van der Waals surface area contributed by atoms with Gasteiger partial charge in [0, 0.05) is 12.1 Å². The van der Waals surface area contributed by atoms with Gasteiger partial charge in [-0.1, -0.05) is 6.42 Å². The predicted molar refractivity (Wildman–Crippen MR) is 106 cm³/mol. The number of fused-ring (bicyclic) bond motifs is 2. The summed E-state index contributed by atoms with van der Waals surface area (Å²) in [6.07, 6.45) is 5.94. The molecule has 4 nitrogen and oxygen atoms in total. The summed E-state index contributed by atoms with van der Waals surface area (Å²) in [6.45, 7) is 2.61. The van der Waals surface area contributed by atoms with E-state index in [1.54, 1.807) is 0 Å². The maximum absolute atomic E-state index is 12.4. The Morgan fingerprint density at radius 3 is 2.22 bits per heavy atom. The maximum atomic E-state index is 12.4. The zero-order valence-electron chi connectivity index (χ0n) is 15.8. The van der Waals surface area contributed by atoms with Gasteiger partial charge in [0.25, 0.3) is 0 Å². The molecule has 1 amide bonds. The monoisotopic (exact) mass is 365 g/mol. The third-order valence-corrected chi connectivity index (χ3v) is 5.84. The third-order valence-electron chi connectivity index (χ3n) is 5.84. The smallest absolute Gasteiger partial charge is 0.224 e. The van der Waals surface area contributed by atoms with Crippen molar-refractivity contribution < 1.29 is 14.3 Å². The van der Waals surface area contributed by atoms with Crippen molar-refractivity contribution in [2.45, 2.75) is 39.0 Å². The van der Waals surface area contributed by atoms with Crippen molar-refractivity contribution in [3.63, 3.8) is 0 Å². The van der Waals surface area contributed by atoms with E-state index >= 15 is 0 Å². The molecule has 2 aliphatic rings. The molecule has 27 heavy (non-hydrogen) atoms. The average Bonchev–Trinajstić information content (AvgIpc) is 3.28. The summed E-state index contributed by atoms with van der Waals surface area (Å²) in [5, 5.41) is 3.03. The van der Waals surface area contributed by atoms with Gasteiger partial charge in [0.1, 0.15) is 17.2 Å². The molecular formula is C23H27NO3. The summed E-state index contributed by atoms with van der Waals surface area (Å²) in [5.74, 6) is 4.71. The van der Waals surface area contributed by atoms with E-state index in [0.29, 0.717) is 18.9 Å². The molecule has 0 spiro atoms. The Morgan fingerprint density at radius 1 is 0.963 bits per heavy atom. The lowest BCUT2D eigenvalue weighted by atomic mass is 9.86. The Hall–Kier alpha value is -2.49. The van der Waals surface area contributed by atoms with Crippen LogP contribution in [0.1, 0.15) is 39.0 Å². The van der Waals surface area contributed by atoms with Gasteiger partial charge in [0.15, 0.2) is 0 Å². The first kappa shape index (κ1) is 17.9. The fourth-order valence-electron chi connectivity index (χ4n) is 4.59. The quantitative estimate of drug-likeness (QED) is 0.690. The molecule has 1 N–H and O–H groups in total. The van der Waals surface area contributed by atoms with Crippen LogP contribution in [0.2, 0.25) is 0 Å². The Labute approximate surface area is 160 Å². The fourth-order valence-corrected chi connectivity index (χ4v) is 4.59. The average molecular weight is 365 g/mol. The Bertz CT molecular complexity index is 769. The zero-order chi connectivity index (χ0) is 18.6. The highest BCUT2D eigenvalue weighted by Gasteiger charge is 2.40. The van der Waals surface area contributed by atoms with Crippen LogP contribution in [-0.2, 0) is 4.79 Å². The van der Waals surface area contributed by atoms with Crippen molar-refractivity contribution in [1.29, 1.82) is 0 Å². The highest BCUT2D eigenvalue weighted by atomic mass is 16.5. The summed E-state index contributed by atoms with van der Waals surface area (Å²) < 4.78 is 11.3. The standard InChI is InChI=1S/C23H27NO3/c1-2-26-20-9-11-22(12-10-20)27-21-7-5-19(6-8-21)24-23(25)15-18-14-16-3-4-17(18)13-16/h5-12,16-18H,2-4,13-15H2,1H3,(H,24,25)/t16-,17+,18-/m0/s1. The number of ether oxygens (including phenoxy) is 2. The number of anilines is 1. The highest BCUT2D eigenvalue weighted by Crippen LogP contribution is 2.49. The first-order chi connectivity index (χ1) is 13.2. The minimum atomic E-state index is 0.132. The molecule has 3 atom stereocenters. The van der Waals surface area contributed by atoms with E-state index in [4.69, 9.17) is 9.47 Å². The van der Waals surface area contributed by atoms with Gasteiger partial charge in [-0.15, -0.1) is 0 Å². The van der Waals surface area contributed by atoms with Crippen molar-refractivity contribution in [2.75, 3.05) is 11.9 Å². The number of nitrogens with one attached hydrogen (secondary N) is 1. The Balaban J connectivity index is 1.28. The van der Waals surface area contributed by atoms with Gasteiger partial charge in [-0.25, -0.2) is 0 Å². The van der Waals surface area contributed by atoms with Crippen molar-refractivity contribution in [1.82, 2.24) is 0 Å². The number of hydrogen-bond acceptors (Lipinski definition) is 3. The minimum Gasteiger partial charge on any atom is -0.494 e. The molecule has 0 heterocycles. The molecule has 0 unspecified atom stereocenters. The topological polar surface area (TPSA) is 47.6 Å². The molecule has 2 fully saturated rings. The van der Waals surface area contributed by atoms with Crippen molar-refractivity contribution >= 4 is 11.6 Å². The van der Waals surface area contributed by atoms with Crippen LogP contribution in [0, 0.1) is 17.8 Å². The number of carbonyl (C=O) groups excluding carboxylic acids is 1. The van der Waals surface area contributed by atoms with Crippen LogP contribution in [-0.4, -0.2) is 12.5 Å². The molecule has 0 saturated heterocycles. The number of carbonyl (C=O) groups is 1. The van der Waals surface area contributed by atoms with Crippen molar-refractivity contribution in [2.24, 2.45) is 17.8 Å². The van der Waals surface area contributed by atoms with Gasteiger partial charge >= 0.3 is 0 Å². The number of amides is 1. The minimum absolute atomic E-state index is 0.132. The molecule has 142 valence electrons. The highest BCUT2D eigenvalue weighted by molar-refractivity contribution is 5.90. The van der Waals surface area contributed by atoms with Crippen LogP contribution in [0.5, 0.6) is 17.2 Å². The van der Waals surface area contributed by atoms with Crippen LogP contribution in [0.4, 0.5) is 5.69 Å². The summed E-state index contributed by atoms with van der Waals surface area (Å²) in [4.78, 5) is 12.4. The molecule has 2 aromatic rings.